The van der Waals surface area contributed by atoms with Crippen LogP contribution in [0.1, 0.15) is 45.6 Å². The number of phenolic OH excluding ortho intramolecular Hbond substituents is 1. The molecule has 0 heterocycles. The Hall–Kier alpha value is -1.55. The number of benzene rings is 1. The number of carbonyl (C=O) groups excluding carboxylic acids is 1. The molecule has 3 unspecified atom stereocenters. The Morgan fingerprint density at radius 2 is 2.04 bits per heavy atom. The van der Waals surface area contributed by atoms with Crippen LogP contribution in [0, 0.1) is 17.8 Å². The van der Waals surface area contributed by atoms with Crippen molar-refractivity contribution in [3.8, 4) is 5.75 Å². The Labute approximate surface area is 138 Å². The lowest BCUT2D eigenvalue weighted by Crippen LogP contribution is -2.56. The second kappa shape index (κ2) is 7.35. The number of hydrogen-bond donors (Lipinski definition) is 3. The molecule has 1 aliphatic carbocycles. The van der Waals surface area contributed by atoms with Crippen LogP contribution in [0.15, 0.2) is 24.3 Å². The molecule has 0 bridgehead atoms. The fourth-order valence-electron chi connectivity index (χ4n) is 3.82. The normalized spacial score (nSPS) is 27.9. The fraction of sp³-hybridized carbons (Fsp3) is 0.632. The lowest BCUT2D eigenvalue weighted by molar-refractivity contribution is -0.155. The van der Waals surface area contributed by atoms with Crippen LogP contribution in [0.3, 0.4) is 0 Å². The summed E-state index contributed by atoms with van der Waals surface area (Å²) in [6.07, 6.45) is 3.03. The molecule has 0 aromatic heterocycles. The molecule has 0 spiro atoms. The number of aromatic hydroxyl groups is 1. The average molecular weight is 319 g/mol. The first kappa shape index (κ1) is 17.8. The van der Waals surface area contributed by atoms with Gasteiger partial charge in [0.15, 0.2) is 0 Å². The van der Waals surface area contributed by atoms with Gasteiger partial charge in [-0.25, -0.2) is 0 Å². The minimum Gasteiger partial charge on any atom is -0.508 e. The standard InChI is InChI=1S/C19H29NO3/c1-13(2)16-9-8-14(3)12-19(16,23)18(22)20-11-10-15-6-4-5-7-17(15)21/h4-7,13-14,16,21,23H,8-12H2,1-3H3,(H,20,22). The van der Waals surface area contributed by atoms with E-state index >= 15 is 0 Å². The zero-order chi connectivity index (χ0) is 17.0. The molecule has 3 atom stereocenters. The van der Waals surface area contributed by atoms with Gasteiger partial charge >= 0.3 is 0 Å². The first-order valence-corrected chi connectivity index (χ1v) is 8.62. The summed E-state index contributed by atoms with van der Waals surface area (Å²) in [5.41, 5.74) is -0.470. The van der Waals surface area contributed by atoms with Gasteiger partial charge in [0.25, 0.3) is 5.91 Å². The van der Waals surface area contributed by atoms with Crippen LogP contribution in [0.4, 0.5) is 0 Å². The van der Waals surface area contributed by atoms with Gasteiger partial charge in [-0.05, 0) is 48.6 Å². The third-order valence-electron chi connectivity index (χ3n) is 5.11. The minimum absolute atomic E-state index is 0.00354. The molecule has 1 amide bonds. The summed E-state index contributed by atoms with van der Waals surface area (Å²) in [5.74, 6) is 0.615. The van der Waals surface area contributed by atoms with E-state index in [1.807, 2.05) is 12.1 Å². The monoisotopic (exact) mass is 319 g/mol. The highest BCUT2D eigenvalue weighted by Crippen LogP contribution is 2.41. The summed E-state index contributed by atoms with van der Waals surface area (Å²) in [4.78, 5) is 12.6. The van der Waals surface area contributed by atoms with E-state index in [1.165, 1.54) is 0 Å². The molecule has 1 aromatic carbocycles. The third-order valence-corrected chi connectivity index (χ3v) is 5.11. The summed E-state index contributed by atoms with van der Waals surface area (Å²) in [6.45, 7) is 6.65. The number of aliphatic hydroxyl groups is 1. The van der Waals surface area contributed by atoms with Gasteiger partial charge in [-0.15, -0.1) is 0 Å². The minimum atomic E-state index is -1.27. The van der Waals surface area contributed by atoms with E-state index in [0.29, 0.717) is 25.3 Å². The van der Waals surface area contributed by atoms with Crippen molar-refractivity contribution >= 4 is 5.91 Å². The van der Waals surface area contributed by atoms with Gasteiger partial charge in [0, 0.05) is 6.54 Å². The Bertz CT molecular complexity index is 543. The molecular formula is C19H29NO3. The molecule has 0 saturated heterocycles. The number of nitrogens with one attached hydrogen (secondary N) is 1. The van der Waals surface area contributed by atoms with Crippen molar-refractivity contribution in [2.75, 3.05) is 6.54 Å². The Balaban J connectivity index is 1.98. The van der Waals surface area contributed by atoms with E-state index in [4.69, 9.17) is 0 Å². The van der Waals surface area contributed by atoms with E-state index in [2.05, 4.69) is 26.1 Å². The SMILES string of the molecule is CC1CCC(C(C)C)C(O)(C(=O)NCCc2ccccc2O)C1. The molecule has 4 nitrogen and oxygen atoms in total. The molecular weight excluding hydrogens is 290 g/mol. The zero-order valence-corrected chi connectivity index (χ0v) is 14.4. The molecule has 1 fully saturated rings. The van der Waals surface area contributed by atoms with Crippen molar-refractivity contribution in [1.29, 1.82) is 0 Å². The van der Waals surface area contributed by atoms with E-state index in [1.54, 1.807) is 12.1 Å². The maximum absolute atomic E-state index is 12.6. The molecule has 1 saturated carbocycles. The number of para-hydroxylation sites is 1. The molecule has 3 N–H and O–H groups in total. The quantitative estimate of drug-likeness (QED) is 0.781. The van der Waals surface area contributed by atoms with Gasteiger partial charge in [0.2, 0.25) is 0 Å². The van der Waals surface area contributed by atoms with Gasteiger partial charge in [0.1, 0.15) is 11.4 Å². The van der Waals surface area contributed by atoms with Crippen LogP contribution in [0.5, 0.6) is 5.75 Å². The Kier molecular flexibility index (Phi) is 5.69. The van der Waals surface area contributed by atoms with Crippen molar-refractivity contribution in [2.45, 2.75) is 52.1 Å². The fourth-order valence-corrected chi connectivity index (χ4v) is 3.82. The highest BCUT2D eigenvalue weighted by atomic mass is 16.3. The Morgan fingerprint density at radius 3 is 2.70 bits per heavy atom. The van der Waals surface area contributed by atoms with E-state index < -0.39 is 5.60 Å². The summed E-state index contributed by atoms with van der Waals surface area (Å²) in [6, 6.07) is 7.12. The third kappa shape index (κ3) is 4.05. The first-order chi connectivity index (χ1) is 10.8. The molecule has 2 rings (SSSR count). The lowest BCUT2D eigenvalue weighted by Gasteiger charge is -2.43. The van der Waals surface area contributed by atoms with Crippen molar-refractivity contribution in [1.82, 2.24) is 5.32 Å². The maximum Gasteiger partial charge on any atom is 0.252 e. The zero-order valence-electron chi connectivity index (χ0n) is 14.4. The van der Waals surface area contributed by atoms with Crippen LogP contribution in [-0.2, 0) is 11.2 Å². The van der Waals surface area contributed by atoms with E-state index in [-0.39, 0.29) is 23.5 Å². The molecule has 128 valence electrons. The smallest absolute Gasteiger partial charge is 0.252 e. The first-order valence-electron chi connectivity index (χ1n) is 8.62. The van der Waals surface area contributed by atoms with E-state index in [9.17, 15) is 15.0 Å². The van der Waals surface area contributed by atoms with Crippen molar-refractivity contribution in [2.24, 2.45) is 17.8 Å². The largest absolute Gasteiger partial charge is 0.508 e. The number of amides is 1. The van der Waals surface area contributed by atoms with Crippen LogP contribution in [0.25, 0.3) is 0 Å². The van der Waals surface area contributed by atoms with E-state index in [0.717, 1.165) is 18.4 Å². The average Bonchev–Trinajstić information content (AvgIpc) is 2.48. The second-order valence-electron chi connectivity index (χ2n) is 7.30. The van der Waals surface area contributed by atoms with Gasteiger partial charge < -0.3 is 15.5 Å². The molecule has 4 heteroatoms. The topological polar surface area (TPSA) is 69.6 Å². The van der Waals surface area contributed by atoms with Gasteiger partial charge in [0.05, 0.1) is 0 Å². The van der Waals surface area contributed by atoms with Crippen LogP contribution in [-0.4, -0.2) is 28.3 Å². The molecule has 1 aromatic rings. The molecule has 1 aliphatic rings. The van der Waals surface area contributed by atoms with Gasteiger partial charge in [-0.3, -0.25) is 4.79 Å². The number of phenols is 1. The predicted octanol–water partition coefficient (Wildman–Crippen LogP) is 2.87. The van der Waals surface area contributed by atoms with Gasteiger partial charge in [-0.1, -0.05) is 45.4 Å². The summed E-state index contributed by atoms with van der Waals surface area (Å²) in [5, 5.41) is 23.7. The molecule has 23 heavy (non-hydrogen) atoms. The highest BCUT2D eigenvalue weighted by Gasteiger charge is 2.48. The summed E-state index contributed by atoms with van der Waals surface area (Å²) in [7, 11) is 0. The summed E-state index contributed by atoms with van der Waals surface area (Å²) >= 11 is 0. The van der Waals surface area contributed by atoms with Gasteiger partial charge in [-0.2, -0.15) is 0 Å². The predicted molar refractivity (Wildman–Crippen MR) is 91.1 cm³/mol. The Morgan fingerprint density at radius 1 is 1.35 bits per heavy atom. The number of rotatable bonds is 5. The van der Waals surface area contributed by atoms with Crippen LogP contribution < -0.4 is 5.32 Å². The van der Waals surface area contributed by atoms with Crippen molar-refractivity contribution < 1.29 is 15.0 Å². The maximum atomic E-state index is 12.6. The van der Waals surface area contributed by atoms with Crippen LogP contribution >= 0.6 is 0 Å². The number of hydrogen-bond acceptors (Lipinski definition) is 3. The van der Waals surface area contributed by atoms with Crippen LogP contribution in [0.2, 0.25) is 0 Å². The highest BCUT2D eigenvalue weighted by molar-refractivity contribution is 5.85. The molecule has 0 aliphatic heterocycles. The second-order valence-corrected chi connectivity index (χ2v) is 7.30. The number of carbonyl (C=O) groups is 1. The lowest BCUT2D eigenvalue weighted by atomic mass is 9.66. The molecule has 0 radical (unpaired) electrons. The van der Waals surface area contributed by atoms with Crippen molar-refractivity contribution in [3.63, 3.8) is 0 Å². The van der Waals surface area contributed by atoms with Crippen molar-refractivity contribution in [3.05, 3.63) is 29.8 Å². The summed E-state index contributed by atoms with van der Waals surface area (Å²) < 4.78 is 0.